The van der Waals surface area contributed by atoms with Crippen LogP contribution in [0.3, 0.4) is 0 Å². The summed E-state index contributed by atoms with van der Waals surface area (Å²) in [6, 6.07) is 11.7. The molecule has 1 unspecified atom stereocenters. The Hall–Kier alpha value is -3.42. The number of rotatable bonds is 9. The van der Waals surface area contributed by atoms with E-state index in [0.717, 1.165) is 34.8 Å². The monoisotopic (exact) mass is 440 g/mol. The second kappa shape index (κ2) is 11.3. The van der Waals surface area contributed by atoms with Crippen molar-refractivity contribution in [3.63, 3.8) is 0 Å². The van der Waals surface area contributed by atoms with Gasteiger partial charge in [0.15, 0.2) is 5.96 Å². The summed E-state index contributed by atoms with van der Waals surface area (Å²) in [4.78, 5) is 16.4. The van der Waals surface area contributed by atoms with E-state index in [4.69, 9.17) is 14.2 Å². The molecule has 32 heavy (non-hydrogen) atoms. The Morgan fingerprint density at radius 1 is 1.16 bits per heavy atom. The van der Waals surface area contributed by atoms with E-state index in [1.54, 1.807) is 14.2 Å². The van der Waals surface area contributed by atoms with Crippen LogP contribution in [0, 0.1) is 0 Å². The first-order chi connectivity index (χ1) is 15.5. The lowest BCUT2D eigenvalue weighted by Gasteiger charge is -2.15. The van der Waals surface area contributed by atoms with Crippen molar-refractivity contribution in [2.75, 3.05) is 27.3 Å². The fourth-order valence-electron chi connectivity index (χ4n) is 3.48. The fourth-order valence-corrected chi connectivity index (χ4v) is 3.48. The number of carbonyl (C=O) groups is 1. The molecule has 3 rings (SSSR count). The summed E-state index contributed by atoms with van der Waals surface area (Å²) in [5, 5.41) is 9.16. The standard InChI is InChI=1S/C24H32N4O4/c1-5-31-21-11-18-10-16(2)32-22(18)12-19(21)14-27-24(25-3)28-15-23(29)26-13-17-6-8-20(30-4)9-7-17/h6-9,11-12,16H,5,10,13-15H2,1-4H3,(H,26,29)(H2,25,27,28). The van der Waals surface area contributed by atoms with E-state index in [1.807, 2.05) is 37.3 Å². The second-order valence-corrected chi connectivity index (χ2v) is 7.54. The number of amides is 1. The Balaban J connectivity index is 1.49. The van der Waals surface area contributed by atoms with E-state index in [0.29, 0.717) is 25.7 Å². The molecule has 8 nitrogen and oxygen atoms in total. The normalized spacial score (nSPS) is 14.9. The summed E-state index contributed by atoms with van der Waals surface area (Å²) >= 11 is 0. The molecule has 1 amide bonds. The van der Waals surface area contributed by atoms with Crippen LogP contribution in [0.2, 0.25) is 0 Å². The van der Waals surface area contributed by atoms with Crippen molar-refractivity contribution >= 4 is 11.9 Å². The van der Waals surface area contributed by atoms with E-state index in [1.165, 1.54) is 5.56 Å². The van der Waals surface area contributed by atoms with Gasteiger partial charge < -0.3 is 30.2 Å². The molecule has 0 aromatic heterocycles. The Kier molecular flexibility index (Phi) is 8.19. The predicted molar refractivity (Wildman–Crippen MR) is 124 cm³/mol. The van der Waals surface area contributed by atoms with Crippen molar-refractivity contribution in [1.29, 1.82) is 0 Å². The molecule has 172 valence electrons. The summed E-state index contributed by atoms with van der Waals surface area (Å²) in [6.07, 6.45) is 1.06. The van der Waals surface area contributed by atoms with Crippen LogP contribution in [0.15, 0.2) is 41.4 Å². The number of nitrogens with zero attached hydrogens (tertiary/aromatic N) is 1. The summed E-state index contributed by atoms with van der Waals surface area (Å²) in [6.45, 7) is 5.66. The van der Waals surface area contributed by atoms with Crippen molar-refractivity contribution < 1.29 is 19.0 Å². The molecule has 0 saturated carbocycles. The first-order valence-electron chi connectivity index (χ1n) is 10.8. The van der Waals surface area contributed by atoms with Crippen LogP contribution in [0.25, 0.3) is 0 Å². The van der Waals surface area contributed by atoms with Gasteiger partial charge >= 0.3 is 0 Å². The third-order valence-corrected chi connectivity index (χ3v) is 5.11. The molecule has 1 aliphatic heterocycles. The lowest BCUT2D eigenvalue weighted by Crippen LogP contribution is -2.42. The van der Waals surface area contributed by atoms with Gasteiger partial charge in [-0.15, -0.1) is 0 Å². The maximum Gasteiger partial charge on any atom is 0.239 e. The molecule has 0 fully saturated rings. The molecule has 1 heterocycles. The Bertz CT molecular complexity index is 944. The quantitative estimate of drug-likeness (QED) is 0.410. The minimum absolute atomic E-state index is 0.110. The highest BCUT2D eigenvalue weighted by Gasteiger charge is 2.22. The molecule has 1 aliphatic rings. The van der Waals surface area contributed by atoms with Gasteiger partial charge in [0.25, 0.3) is 0 Å². The van der Waals surface area contributed by atoms with Crippen LogP contribution in [0.5, 0.6) is 17.2 Å². The largest absolute Gasteiger partial charge is 0.497 e. The first kappa shape index (κ1) is 23.2. The minimum Gasteiger partial charge on any atom is -0.497 e. The Labute approximate surface area is 189 Å². The van der Waals surface area contributed by atoms with Crippen molar-refractivity contribution in [3.8, 4) is 17.2 Å². The van der Waals surface area contributed by atoms with Gasteiger partial charge in [0.2, 0.25) is 5.91 Å². The highest BCUT2D eigenvalue weighted by molar-refractivity contribution is 5.86. The number of hydrogen-bond donors (Lipinski definition) is 3. The summed E-state index contributed by atoms with van der Waals surface area (Å²) in [7, 11) is 3.29. The average molecular weight is 441 g/mol. The lowest BCUT2D eigenvalue weighted by molar-refractivity contribution is -0.120. The molecule has 0 bridgehead atoms. The highest BCUT2D eigenvalue weighted by atomic mass is 16.5. The maximum absolute atomic E-state index is 12.2. The minimum atomic E-state index is -0.126. The topological polar surface area (TPSA) is 93.2 Å². The van der Waals surface area contributed by atoms with Crippen LogP contribution in [-0.2, 0) is 24.3 Å². The summed E-state index contributed by atoms with van der Waals surface area (Å²) < 4.78 is 16.8. The molecular weight excluding hydrogens is 408 g/mol. The number of methoxy groups -OCH3 is 1. The molecule has 0 aliphatic carbocycles. The molecule has 0 saturated heterocycles. The van der Waals surface area contributed by atoms with E-state index in [2.05, 4.69) is 33.9 Å². The molecule has 2 aromatic rings. The van der Waals surface area contributed by atoms with Gasteiger partial charge in [0.05, 0.1) is 20.3 Å². The van der Waals surface area contributed by atoms with Crippen LogP contribution in [0.1, 0.15) is 30.5 Å². The number of benzene rings is 2. The van der Waals surface area contributed by atoms with E-state index < -0.39 is 0 Å². The van der Waals surface area contributed by atoms with E-state index in [9.17, 15) is 4.79 Å². The Morgan fingerprint density at radius 2 is 1.94 bits per heavy atom. The van der Waals surface area contributed by atoms with E-state index in [-0.39, 0.29) is 18.6 Å². The smallest absolute Gasteiger partial charge is 0.239 e. The number of aliphatic imine (C=N–C) groups is 1. The SMILES string of the molecule is CCOc1cc2c(cc1CNC(=NC)NCC(=O)NCc1ccc(OC)cc1)OC(C)C2. The third-order valence-electron chi connectivity index (χ3n) is 5.11. The summed E-state index contributed by atoms with van der Waals surface area (Å²) in [5.74, 6) is 2.93. The summed E-state index contributed by atoms with van der Waals surface area (Å²) in [5.41, 5.74) is 3.14. The number of hydrogen-bond acceptors (Lipinski definition) is 5. The van der Waals surface area contributed by atoms with Crippen molar-refractivity contribution in [1.82, 2.24) is 16.0 Å². The average Bonchev–Trinajstić information content (AvgIpc) is 3.17. The maximum atomic E-state index is 12.2. The zero-order chi connectivity index (χ0) is 22.9. The molecule has 0 radical (unpaired) electrons. The van der Waals surface area contributed by atoms with Crippen LogP contribution in [0.4, 0.5) is 0 Å². The number of carbonyl (C=O) groups excluding carboxylic acids is 1. The Morgan fingerprint density at radius 3 is 2.62 bits per heavy atom. The predicted octanol–water partition coefficient (Wildman–Crippen LogP) is 2.40. The van der Waals surface area contributed by atoms with Crippen LogP contribution < -0.4 is 30.2 Å². The van der Waals surface area contributed by atoms with Gasteiger partial charge in [-0.05, 0) is 43.7 Å². The van der Waals surface area contributed by atoms with Gasteiger partial charge in [-0.1, -0.05) is 12.1 Å². The lowest BCUT2D eigenvalue weighted by atomic mass is 10.1. The molecule has 3 N–H and O–H groups in total. The van der Waals surface area contributed by atoms with Gasteiger partial charge in [0, 0.05) is 37.7 Å². The molecule has 1 atom stereocenters. The van der Waals surface area contributed by atoms with Crippen LogP contribution in [-0.4, -0.2) is 45.3 Å². The molecule has 0 spiro atoms. The van der Waals surface area contributed by atoms with Gasteiger partial charge in [0.1, 0.15) is 23.4 Å². The number of nitrogens with one attached hydrogen (secondary N) is 3. The zero-order valence-corrected chi connectivity index (χ0v) is 19.2. The van der Waals surface area contributed by atoms with Crippen LogP contribution >= 0.6 is 0 Å². The zero-order valence-electron chi connectivity index (χ0n) is 19.2. The third kappa shape index (κ3) is 6.29. The second-order valence-electron chi connectivity index (χ2n) is 7.54. The number of fused-ring (bicyclic) bond motifs is 1. The molecule has 2 aromatic carbocycles. The molecular formula is C24H32N4O4. The van der Waals surface area contributed by atoms with E-state index >= 15 is 0 Å². The first-order valence-corrected chi connectivity index (χ1v) is 10.8. The number of ether oxygens (including phenoxy) is 3. The fraction of sp³-hybridized carbons (Fsp3) is 0.417. The highest BCUT2D eigenvalue weighted by Crippen LogP contribution is 2.35. The van der Waals surface area contributed by atoms with Crippen molar-refractivity contribution in [3.05, 3.63) is 53.1 Å². The van der Waals surface area contributed by atoms with Gasteiger partial charge in [-0.2, -0.15) is 0 Å². The van der Waals surface area contributed by atoms with Gasteiger partial charge in [-0.3, -0.25) is 9.79 Å². The van der Waals surface area contributed by atoms with Gasteiger partial charge in [-0.25, -0.2) is 0 Å². The molecule has 8 heteroatoms. The van der Waals surface area contributed by atoms with Crippen molar-refractivity contribution in [2.45, 2.75) is 39.5 Å². The number of guanidine groups is 1. The van der Waals surface area contributed by atoms with Crippen molar-refractivity contribution in [2.24, 2.45) is 4.99 Å².